The number of aliphatic hydroxyl groups is 2. The lowest BCUT2D eigenvalue weighted by atomic mass is 9.69. The van der Waals surface area contributed by atoms with Crippen LogP contribution < -0.4 is 5.32 Å². The predicted octanol–water partition coefficient (Wildman–Crippen LogP) is 1.72. The van der Waals surface area contributed by atoms with Crippen LogP contribution >= 0.6 is 0 Å². The summed E-state index contributed by atoms with van der Waals surface area (Å²) in [6, 6.07) is -1.15. The van der Waals surface area contributed by atoms with Crippen molar-refractivity contribution in [3.63, 3.8) is 0 Å². The Morgan fingerprint density at radius 2 is 1.70 bits per heavy atom. The van der Waals surface area contributed by atoms with E-state index in [4.69, 9.17) is 4.74 Å². The van der Waals surface area contributed by atoms with E-state index in [-0.39, 0.29) is 6.42 Å². The first-order valence-corrected chi connectivity index (χ1v) is 11.0. The van der Waals surface area contributed by atoms with Gasteiger partial charge in [0.05, 0.1) is 24.2 Å². The van der Waals surface area contributed by atoms with Crippen molar-refractivity contribution in [2.45, 2.75) is 71.8 Å². The molecule has 3 rings (SSSR count). The van der Waals surface area contributed by atoms with Crippen molar-refractivity contribution in [2.24, 2.45) is 11.3 Å². The molecule has 0 spiro atoms. The molecule has 0 radical (unpaired) electrons. The summed E-state index contributed by atoms with van der Waals surface area (Å²) >= 11 is 0. The predicted molar refractivity (Wildman–Crippen MR) is 122 cm³/mol. The highest BCUT2D eigenvalue weighted by molar-refractivity contribution is 6.35. The number of carbonyl (C=O) groups excluding carboxylic acids is 4. The van der Waals surface area contributed by atoms with Crippen LogP contribution in [0, 0.1) is 11.3 Å². The van der Waals surface area contributed by atoms with E-state index in [1.54, 1.807) is 38.2 Å². The molecule has 180 valence electrons. The van der Waals surface area contributed by atoms with Crippen LogP contribution in [-0.4, -0.2) is 58.0 Å². The van der Waals surface area contributed by atoms with E-state index >= 15 is 0 Å². The first-order chi connectivity index (χ1) is 15.4. The molecule has 0 aromatic rings. The molecule has 0 saturated carbocycles. The van der Waals surface area contributed by atoms with E-state index in [0.29, 0.717) is 12.0 Å². The van der Waals surface area contributed by atoms with Gasteiger partial charge in [-0.05, 0) is 27.2 Å². The molecule has 2 aliphatic heterocycles. The number of ether oxygens (including phenoxy) is 1. The average molecular weight is 460 g/mol. The Hall–Kier alpha value is -2.84. The Bertz CT molecular complexity index is 929. The topological polar surface area (TPSA) is 130 Å². The van der Waals surface area contributed by atoms with E-state index in [1.165, 1.54) is 13.0 Å². The van der Waals surface area contributed by atoms with Gasteiger partial charge in [-0.15, -0.1) is 0 Å². The van der Waals surface area contributed by atoms with Crippen LogP contribution in [0.1, 0.15) is 47.5 Å². The fraction of sp³-hybridized carbons (Fsp3) is 0.520. The number of nitrogens with one attached hydrogen (secondary N) is 1. The van der Waals surface area contributed by atoms with Crippen LogP contribution in [-0.2, 0) is 23.9 Å². The molecule has 1 saturated heterocycles. The summed E-state index contributed by atoms with van der Waals surface area (Å²) in [5.41, 5.74) is -0.371. The fourth-order valence-electron chi connectivity index (χ4n) is 3.85. The second-order valence-corrected chi connectivity index (χ2v) is 8.99. The summed E-state index contributed by atoms with van der Waals surface area (Å²) in [6.07, 6.45) is 7.54. The van der Waals surface area contributed by atoms with E-state index in [0.717, 1.165) is 12.5 Å². The van der Waals surface area contributed by atoms with Crippen molar-refractivity contribution in [1.29, 1.82) is 0 Å². The van der Waals surface area contributed by atoms with Gasteiger partial charge in [-0.25, -0.2) is 0 Å². The van der Waals surface area contributed by atoms with Gasteiger partial charge < -0.3 is 20.3 Å². The Morgan fingerprint density at radius 1 is 1.09 bits per heavy atom. The molecule has 1 aliphatic carbocycles. The van der Waals surface area contributed by atoms with Gasteiger partial charge in [0, 0.05) is 13.3 Å². The average Bonchev–Trinajstić information content (AvgIpc) is 2.75. The molecular weight excluding hydrogens is 426 g/mol. The monoisotopic (exact) mass is 459 g/mol. The van der Waals surface area contributed by atoms with Gasteiger partial charge in [0.15, 0.2) is 5.78 Å². The van der Waals surface area contributed by atoms with Crippen LogP contribution in [0.25, 0.3) is 0 Å². The van der Waals surface area contributed by atoms with Crippen molar-refractivity contribution in [1.82, 2.24) is 5.32 Å². The number of ketones is 2. The maximum atomic E-state index is 13.4. The van der Waals surface area contributed by atoms with Gasteiger partial charge in [-0.2, -0.15) is 0 Å². The summed E-state index contributed by atoms with van der Waals surface area (Å²) in [5.74, 6) is -3.74. The molecule has 2 bridgehead atoms. The van der Waals surface area contributed by atoms with Crippen LogP contribution in [0.4, 0.5) is 0 Å². The number of hydrogen-bond acceptors (Lipinski definition) is 7. The molecule has 1 fully saturated rings. The summed E-state index contributed by atoms with van der Waals surface area (Å²) in [7, 11) is 0. The highest BCUT2D eigenvalue weighted by Crippen LogP contribution is 2.38. The number of hydrogen-bond donors (Lipinski definition) is 3. The minimum absolute atomic E-state index is 0.0298. The maximum Gasteiger partial charge on any atom is 0.322 e. The van der Waals surface area contributed by atoms with Gasteiger partial charge >= 0.3 is 5.97 Å². The molecule has 0 unspecified atom stereocenters. The number of Topliss-reactive ketones (excluding diaryl/α,β-unsaturated/α-hetero) is 2. The van der Waals surface area contributed by atoms with Crippen LogP contribution in [0.2, 0.25) is 0 Å². The van der Waals surface area contributed by atoms with Gasteiger partial charge in [0.25, 0.3) is 5.91 Å². The van der Waals surface area contributed by atoms with Crippen molar-refractivity contribution in [2.75, 3.05) is 0 Å². The molecule has 6 atom stereocenters. The lowest BCUT2D eigenvalue weighted by molar-refractivity contribution is -0.181. The molecule has 0 aromatic carbocycles. The number of rotatable bonds is 2. The summed E-state index contributed by atoms with van der Waals surface area (Å²) in [6.45, 7) is 7.62. The van der Waals surface area contributed by atoms with E-state index < -0.39 is 59.1 Å². The lowest BCUT2D eigenvalue weighted by Crippen LogP contribution is -2.61. The maximum absolute atomic E-state index is 13.4. The normalized spacial score (nSPS) is 38.7. The number of amides is 1. The number of esters is 1. The quantitative estimate of drug-likeness (QED) is 0.326. The van der Waals surface area contributed by atoms with Crippen LogP contribution in [0.3, 0.4) is 0 Å². The summed E-state index contributed by atoms with van der Waals surface area (Å²) in [5, 5.41) is 23.1. The zero-order valence-electron chi connectivity index (χ0n) is 19.7. The lowest BCUT2D eigenvalue weighted by Gasteiger charge is -2.42. The molecule has 3 aliphatic rings. The second kappa shape index (κ2) is 10.9. The van der Waals surface area contributed by atoms with Crippen LogP contribution in [0.5, 0.6) is 0 Å². The van der Waals surface area contributed by atoms with Crippen molar-refractivity contribution in [3.05, 3.63) is 47.6 Å². The molecule has 8 nitrogen and oxygen atoms in total. The Morgan fingerprint density at radius 3 is 2.33 bits per heavy atom. The van der Waals surface area contributed by atoms with E-state index in [2.05, 4.69) is 5.32 Å². The first kappa shape index (κ1) is 26.4. The molecule has 3 N–H and O–H groups in total. The summed E-state index contributed by atoms with van der Waals surface area (Å²) in [4.78, 5) is 50.3. The molecule has 1 amide bonds. The second-order valence-electron chi connectivity index (χ2n) is 8.99. The smallest absolute Gasteiger partial charge is 0.322 e. The van der Waals surface area contributed by atoms with Crippen molar-refractivity contribution in [3.8, 4) is 0 Å². The van der Waals surface area contributed by atoms with Crippen molar-refractivity contribution >= 4 is 23.4 Å². The summed E-state index contributed by atoms with van der Waals surface area (Å²) < 4.78 is 5.59. The molecule has 8 heteroatoms. The van der Waals surface area contributed by atoms with Gasteiger partial charge in [0.1, 0.15) is 11.5 Å². The van der Waals surface area contributed by atoms with Gasteiger partial charge in [-0.1, -0.05) is 54.5 Å². The molecule has 33 heavy (non-hydrogen) atoms. The number of aliphatic hydroxyl groups excluding tert-OH is 2. The number of fused-ring (bicyclic) bond motifs is 10. The Labute approximate surface area is 194 Å². The van der Waals surface area contributed by atoms with Crippen molar-refractivity contribution < 1.29 is 34.1 Å². The third kappa shape index (κ3) is 6.36. The third-order valence-corrected chi connectivity index (χ3v) is 6.14. The van der Waals surface area contributed by atoms with Gasteiger partial charge in [0.2, 0.25) is 5.78 Å². The molecule has 2 heterocycles. The molecule has 0 aromatic heterocycles. The zero-order valence-corrected chi connectivity index (χ0v) is 19.7. The third-order valence-electron chi connectivity index (χ3n) is 6.14. The standard InChI is InChI=1S/C25H33NO7/c1-14-6-9-18(28)10-8-15(2)12-21(26-23(31)17(4)27)25(5)22(30)16(3)20(33-24(25)32)13-19(29)11-7-14/h6-8,10-12,16,18-21,28-29H,9,13H2,1-5H3,(H,26,31)/b10-8+,11-7+,14-6+,15-12+/t16-,18-,19-,20-,21-,25+/m0/s1. The minimum atomic E-state index is -1.78. The van der Waals surface area contributed by atoms with Gasteiger partial charge in [-0.3, -0.25) is 19.2 Å². The highest BCUT2D eigenvalue weighted by Gasteiger charge is 2.56. The molecular formula is C25H33NO7. The highest BCUT2D eigenvalue weighted by atomic mass is 16.5. The van der Waals surface area contributed by atoms with Crippen LogP contribution in [0.15, 0.2) is 47.6 Å². The minimum Gasteiger partial charge on any atom is -0.461 e. The zero-order chi connectivity index (χ0) is 24.9. The largest absolute Gasteiger partial charge is 0.461 e. The van der Waals surface area contributed by atoms with E-state index in [1.807, 2.05) is 13.0 Å². The SMILES string of the molecule is CC(=O)C(=O)N[C@H]1/C=C(C)/C=C/[C@@H](O)C/C=C(C)/C=C/[C@H](O)C[C@@H]2OC(=O)[C@@]1(C)C(=O)[C@H]2C. The number of allylic oxidation sites excluding steroid dienone is 4. The number of carbonyl (C=O) groups is 4. The fourth-order valence-corrected chi connectivity index (χ4v) is 3.85. The first-order valence-electron chi connectivity index (χ1n) is 11.0. The van der Waals surface area contributed by atoms with E-state index in [9.17, 15) is 29.4 Å². The Balaban J connectivity index is 2.57. The Kier molecular flexibility index (Phi) is 8.69.